The largest absolute Gasteiger partial charge is 0.480 e. The first-order chi connectivity index (χ1) is 8.73. The minimum Gasteiger partial charge on any atom is -0.480 e. The predicted octanol–water partition coefficient (Wildman–Crippen LogP) is 1.60. The molecule has 0 amide bonds. The number of carbonyl (C=O) groups is 1. The van der Waals surface area contributed by atoms with Gasteiger partial charge in [-0.05, 0) is 49.4 Å². The summed E-state index contributed by atoms with van der Waals surface area (Å²) in [6.45, 7) is 3.42. The molecule has 6 heteroatoms. The molecule has 2 aliphatic rings. The van der Waals surface area contributed by atoms with Gasteiger partial charge in [0.25, 0.3) is 0 Å². The van der Waals surface area contributed by atoms with Crippen molar-refractivity contribution in [2.45, 2.75) is 52.0 Å². The van der Waals surface area contributed by atoms with Crippen LogP contribution in [0.1, 0.15) is 46.0 Å². The monoisotopic (exact) mass is 289 g/mol. The summed E-state index contributed by atoms with van der Waals surface area (Å²) in [5.41, 5.74) is -0.0868. The van der Waals surface area contributed by atoms with E-state index in [1.54, 1.807) is 13.8 Å². The maximum atomic E-state index is 12.2. The van der Waals surface area contributed by atoms with Gasteiger partial charge in [0.1, 0.15) is 6.04 Å². The first-order valence-corrected chi connectivity index (χ1v) is 8.61. The molecule has 1 atom stereocenters. The fourth-order valence-corrected chi connectivity index (χ4v) is 5.68. The van der Waals surface area contributed by atoms with Crippen molar-refractivity contribution in [3.8, 4) is 0 Å². The molecule has 0 spiro atoms. The number of rotatable bonds is 6. The molecule has 0 heterocycles. The Morgan fingerprint density at radius 2 is 1.95 bits per heavy atom. The number of nitrogens with one attached hydrogen (secondary N) is 1. The third-order valence-electron chi connectivity index (χ3n) is 4.62. The van der Waals surface area contributed by atoms with Gasteiger partial charge in [-0.15, -0.1) is 0 Å². The molecule has 2 rings (SSSR count). The van der Waals surface area contributed by atoms with Crippen LogP contribution >= 0.6 is 0 Å². The van der Waals surface area contributed by atoms with Crippen LogP contribution in [-0.4, -0.2) is 31.3 Å². The van der Waals surface area contributed by atoms with Crippen molar-refractivity contribution >= 4 is 16.0 Å². The quantitative estimate of drug-likeness (QED) is 0.778. The average molecular weight is 289 g/mol. The van der Waals surface area contributed by atoms with Crippen LogP contribution in [0, 0.1) is 17.3 Å². The standard InChI is InChI=1S/C13H23NO4S/c1-9(2)11(12(15)16)14-19(17,18)8-13-5-3-10(7-13)4-6-13/h9-11,14H,3-8H2,1-2H3,(H,15,16)/t10?,11-,13?/m0/s1. The van der Waals surface area contributed by atoms with E-state index in [4.69, 9.17) is 5.11 Å². The summed E-state index contributed by atoms with van der Waals surface area (Å²) in [6, 6.07) is -1.03. The van der Waals surface area contributed by atoms with Gasteiger partial charge in [0, 0.05) is 0 Å². The van der Waals surface area contributed by atoms with Gasteiger partial charge in [-0.1, -0.05) is 13.8 Å². The van der Waals surface area contributed by atoms with Gasteiger partial charge in [0.2, 0.25) is 10.0 Å². The normalized spacial score (nSPS) is 31.8. The maximum absolute atomic E-state index is 12.2. The number of fused-ring (bicyclic) bond motifs is 2. The van der Waals surface area contributed by atoms with E-state index in [9.17, 15) is 13.2 Å². The van der Waals surface area contributed by atoms with E-state index in [1.807, 2.05) is 0 Å². The number of carboxylic acids is 1. The van der Waals surface area contributed by atoms with Crippen LogP contribution in [0.5, 0.6) is 0 Å². The molecule has 2 bridgehead atoms. The lowest BCUT2D eigenvalue weighted by Gasteiger charge is -2.27. The molecule has 110 valence electrons. The van der Waals surface area contributed by atoms with Gasteiger partial charge in [0.15, 0.2) is 0 Å². The second-order valence-electron chi connectivity index (χ2n) is 6.58. The summed E-state index contributed by atoms with van der Waals surface area (Å²) in [5, 5.41) is 9.07. The molecule has 2 aliphatic carbocycles. The van der Waals surface area contributed by atoms with Crippen molar-refractivity contribution < 1.29 is 18.3 Å². The van der Waals surface area contributed by atoms with Gasteiger partial charge < -0.3 is 5.11 Å². The predicted molar refractivity (Wildman–Crippen MR) is 72.2 cm³/mol. The van der Waals surface area contributed by atoms with Crippen molar-refractivity contribution in [3.05, 3.63) is 0 Å². The summed E-state index contributed by atoms with van der Waals surface area (Å²) in [5.74, 6) is -0.584. The molecule has 0 radical (unpaired) electrons. The molecule has 0 aromatic heterocycles. The Kier molecular flexibility index (Phi) is 3.93. The van der Waals surface area contributed by atoms with E-state index in [1.165, 1.54) is 0 Å². The highest BCUT2D eigenvalue weighted by atomic mass is 32.2. The lowest BCUT2D eigenvalue weighted by Crippen LogP contribution is -2.47. The van der Waals surface area contributed by atoms with Crippen LogP contribution in [0.4, 0.5) is 0 Å². The van der Waals surface area contributed by atoms with E-state index in [0.29, 0.717) is 5.92 Å². The Hall–Kier alpha value is -0.620. The number of hydrogen-bond acceptors (Lipinski definition) is 3. The first-order valence-electron chi connectivity index (χ1n) is 6.96. The minimum atomic E-state index is -3.53. The Morgan fingerprint density at radius 1 is 1.37 bits per heavy atom. The molecular formula is C13H23NO4S. The van der Waals surface area contributed by atoms with Gasteiger partial charge in [-0.3, -0.25) is 4.79 Å². The van der Waals surface area contributed by atoms with Gasteiger partial charge in [0.05, 0.1) is 5.75 Å². The van der Waals surface area contributed by atoms with E-state index in [0.717, 1.165) is 32.1 Å². The van der Waals surface area contributed by atoms with Crippen LogP contribution < -0.4 is 4.72 Å². The fourth-order valence-electron chi connectivity index (χ4n) is 3.62. The molecular weight excluding hydrogens is 266 g/mol. The summed E-state index contributed by atoms with van der Waals surface area (Å²) in [4.78, 5) is 11.1. The molecule has 2 N–H and O–H groups in total. The second kappa shape index (κ2) is 5.05. The van der Waals surface area contributed by atoms with Crippen LogP contribution in [-0.2, 0) is 14.8 Å². The van der Waals surface area contributed by atoms with Gasteiger partial charge in [-0.25, -0.2) is 13.1 Å². The summed E-state index contributed by atoms with van der Waals surface area (Å²) < 4.78 is 26.8. The lowest BCUT2D eigenvalue weighted by molar-refractivity contribution is -0.140. The van der Waals surface area contributed by atoms with Crippen LogP contribution in [0.2, 0.25) is 0 Å². The van der Waals surface area contributed by atoms with E-state index in [2.05, 4.69) is 4.72 Å². The molecule has 19 heavy (non-hydrogen) atoms. The van der Waals surface area contributed by atoms with E-state index in [-0.39, 0.29) is 17.1 Å². The number of sulfonamides is 1. The molecule has 5 nitrogen and oxygen atoms in total. The Bertz CT molecular complexity index is 449. The van der Waals surface area contributed by atoms with E-state index >= 15 is 0 Å². The van der Waals surface area contributed by atoms with Crippen LogP contribution in [0.3, 0.4) is 0 Å². The van der Waals surface area contributed by atoms with Crippen molar-refractivity contribution in [2.75, 3.05) is 5.75 Å². The molecule has 0 saturated heterocycles. The van der Waals surface area contributed by atoms with Crippen molar-refractivity contribution in [1.29, 1.82) is 0 Å². The van der Waals surface area contributed by atoms with Crippen molar-refractivity contribution in [1.82, 2.24) is 4.72 Å². The first kappa shape index (κ1) is 14.8. The highest BCUT2D eigenvalue weighted by Crippen LogP contribution is 2.54. The van der Waals surface area contributed by atoms with Gasteiger partial charge >= 0.3 is 5.97 Å². The zero-order valence-corrected chi connectivity index (χ0v) is 12.4. The van der Waals surface area contributed by atoms with Crippen molar-refractivity contribution in [2.24, 2.45) is 17.3 Å². The number of carboxylic acid groups (broad SMARTS) is 1. The summed E-state index contributed by atoms with van der Waals surface area (Å²) >= 11 is 0. The zero-order chi connectivity index (χ0) is 14.3. The van der Waals surface area contributed by atoms with Crippen LogP contribution in [0.25, 0.3) is 0 Å². The Morgan fingerprint density at radius 3 is 2.32 bits per heavy atom. The van der Waals surface area contributed by atoms with E-state index < -0.39 is 22.0 Å². The highest BCUT2D eigenvalue weighted by Gasteiger charge is 2.47. The molecule has 0 aliphatic heterocycles. The average Bonchev–Trinajstić information content (AvgIpc) is 2.83. The van der Waals surface area contributed by atoms with Gasteiger partial charge in [-0.2, -0.15) is 0 Å². The summed E-state index contributed by atoms with van der Waals surface area (Å²) in [6.07, 6.45) is 5.19. The molecule has 2 fully saturated rings. The molecule has 0 unspecified atom stereocenters. The fraction of sp³-hybridized carbons (Fsp3) is 0.923. The molecule has 0 aromatic carbocycles. The summed E-state index contributed by atoms with van der Waals surface area (Å²) in [7, 11) is -3.53. The molecule has 2 saturated carbocycles. The molecule has 0 aromatic rings. The van der Waals surface area contributed by atoms with Crippen molar-refractivity contribution in [3.63, 3.8) is 0 Å². The third kappa shape index (κ3) is 3.28. The topological polar surface area (TPSA) is 83.5 Å². The number of hydrogen-bond donors (Lipinski definition) is 2. The zero-order valence-electron chi connectivity index (χ0n) is 11.6. The minimum absolute atomic E-state index is 0.0868. The maximum Gasteiger partial charge on any atom is 0.321 e. The highest BCUT2D eigenvalue weighted by molar-refractivity contribution is 7.89. The Balaban J connectivity index is 2.04. The smallest absolute Gasteiger partial charge is 0.321 e. The van der Waals surface area contributed by atoms with Crippen LogP contribution in [0.15, 0.2) is 0 Å². The third-order valence-corrected chi connectivity index (χ3v) is 6.23. The SMILES string of the molecule is CC(C)[C@H](NS(=O)(=O)CC12CCC(CC1)C2)C(=O)O. The lowest BCUT2D eigenvalue weighted by atomic mass is 9.87. The Labute approximate surface area is 114 Å². The number of aliphatic carboxylic acids is 1. The second-order valence-corrected chi connectivity index (χ2v) is 8.34.